The first-order valence-corrected chi connectivity index (χ1v) is 10.3. The fourth-order valence-corrected chi connectivity index (χ4v) is 3.32. The van der Waals surface area contributed by atoms with Crippen LogP contribution in [0.2, 0.25) is 0 Å². The largest absolute Gasteiger partial charge is 0.371 e. The highest BCUT2D eigenvalue weighted by atomic mass is 16.2. The normalized spacial score (nSPS) is 16.8. The van der Waals surface area contributed by atoms with Crippen molar-refractivity contribution in [3.63, 3.8) is 0 Å². The van der Waals surface area contributed by atoms with Crippen molar-refractivity contribution in [3.05, 3.63) is 29.8 Å². The van der Waals surface area contributed by atoms with Crippen LogP contribution in [-0.2, 0) is 15.0 Å². The average molecular weight is 389 g/mol. The molecule has 2 amide bonds. The number of anilines is 1. The summed E-state index contributed by atoms with van der Waals surface area (Å²) in [5.41, 5.74) is 8.50. The molecular weight excluding hydrogens is 352 g/mol. The van der Waals surface area contributed by atoms with Crippen molar-refractivity contribution in [2.45, 2.75) is 65.0 Å². The molecular formula is C22H36N4O2. The third-order valence-electron chi connectivity index (χ3n) is 5.40. The first-order chi connectivity index (χ1) is 13.1. The lowest BCUT2D eigenvalue weighted by Gasteiger charge is -2.34. The molecule has 1 atom stereocenters. The number of hydrogen-bond donors (Lipinski definition) is 3. The molecule has 0 aromatic heterocycles. The van der Waals surface area contributed by atoms with E-state index in [0.29, 0.717) is 0 Å². The fourth-order valence-electron chi connectivity index (χ4n) is 3.32. The molecule has 1 aliphatic heterocycles. The van der Waals surface area contributed by atoms with Crippen LogP contribution in [0.4, 0.5) is 5.69 Å². The van der Waals surface area contributed by atoms with Crippen molar-refractivity contribution in [1.82, 2.24) is 10.6 Å². The van der Waals surface area contributed by atoms with Crippen LogP contribution in [0.5, 0.6) is 0 Å². The van der Waals surface area contributed by atoms with Gasteiger partial charge in [-0.15, -0.1) is 0 Å². The molecule has 0 unspecified atom stereocenters. The summed E-state index contributed by atoms with van der Waals surface area (Å²) in [6.45, 7) is 12.2. The van der Waals surface area contributed by atoms with Crippen LogP contribution in [0.3, 0.4) is 0 Å². The molecule has 28 heavy (non-hydrogen) atoms. The third kappa shape index (κ3) is 6.23. The molecule has 6 heteroatoms. The molecule has 1 aromatic rings. The van der Waals surface area contributed by atoms with Gasteiger partial charge >= 0.3 is 0 Å². The first-order valence-electron chi connectivity index (χ1n) is 10.3. The zero-order chi connectivity index (χ0) is 20.9. The Hall–Kier alpha value is -2.08. The van der Waals surface area contributed by atoms with E-state index in [1.165, 1.54) is 11.3 Å². The van der Waals surface area contributed by atoms with E-state index in [0.717, 1.165) is 25.9 Å². The van der Waals surface area contributed by atoms with E-state index in [1.54, 1.807) is 0 Å². The van der Waals surface area contributed by atoms with Crippen molar-refractivity contribution in [2.75, 3.05) is 24.5 Å². The van der Waals surface area contributed by atoms with E-state index in [-0.39, 0.29) is 35.7 Å². The fraction of sp³-hybridized carbons (Fsp3) is 0.636. The lowest BCUT2D eigenvalue weighted by atomic mass is 9.87. The molecule has 0 spiro atoms. The van der Waals surface area contributed by atoms with Gasteiger partial charge in [0.25, 0.3) is 0 Å². The van der Waals surface area contributed by atoms with Gasteiger partial charge in [0.05, 0.1) is 12.6 Å². The summed E-state index contributed by atoms with van der Waals surface area (Å²) >= 11 is 0. The van der Waals surface area contributed by atoms with E-state index >= 15 is 0 Å². The van der Waals surface area contributed by atoms with Crippen molar-refractivity contribution in [2.24, 2.45) is 11.7 Å². The van der Waals surface area contributed by atoms with Crippen molar-refractivity contribution in [3.8, 4) is 0 Å². The van der Waals surface area contributed by atoms with Gasteiger partial charge in [-0.1, -0.05) is 46.8 Å². The molecule has 4 N–H and O–H groups in total. The minimum Gasteiger partial charge on any atom is -0.371 e. The lowest BCUT2D eigenvalue weighted by molar-refractivity contribution is -0.127. The molecule has 0 radical (unpaired) electrons. The van der Waals surface area contributed by atoms with E-state index in [9.17, 15) is 9.59 Å². The van der Waals surface area contributed by atoms with Crippen LogP contribution < -0.4 is 21.3 Å². The quantitative estimate of drug-likeness (QED) is 0.697. The SMILES string of the molecule is CC(C)[C@H](N)C(=O)NCC(=O)NC1CCN(c2ccc(C(C)(C)C)cc2)CC1. The highest BCUT2D eigenvalue weighted by molar-refractivity contribution is 5.87. The van der Waals surface area contributed by atoms with Gasteiger partial charge in [0.1, 0.15) is 0 Å². The van der Waals surface area contributed by atoms with Gasteiger partial charge in [0.2, 0.25) is 11.8 Å². The third-order valence-corrected chi connectivity index (χ3v) is 5.40. The number of hydrogen-bond acceptors (Lipinski definition) is 4. The van der Waals surface area contributed by atoms with Gasteiger partial charge in [-0.2, -0.15) is 0 Å². The molecule has 0 saturated carbocycles. The number of amides is 2. The first kappa shape index (κ1) is 22.2. The second-order valence-corrected chi connectivity index (χ2v) is 9.11. The Morgan fingerprint density at radius 3 is 2.21 bits per heavy atom. The zero-order valence-electron chi connectivity index (χ0n) is 17.9. The predicted octanol–water partition coefficient (Wildman–Crippen LogP) is 2.17. The second kappa shape index (κ2) is 9.41. The number of nitrogens with one attached hydrogen (secondary N) is 2. The Morgan fingerprint density at radius 1 is 1.14 bits per heavy atom. The maximum absolute atomic E-state index is 12.1. The number of rotatable bonds is 6. The van der Waals surface area contributed by atoms with E-state index in [2.05, 4.69) is 60.6 Å². The molecule has 1 fully saturated rings. The number of piperidine rings is 1. The second-order valence-electron chi connectivity index (χ2n) is 9.11. The Balaban J connectivity index is 1.76. The molecule has 156 valence electrons. The van der Waals surface area contributed by atoms with Crippen LogP contribution in [0.25, 0.3) is 0 Å². The van der Waals surface area contributed by atoms with Gasteiger partial charge in [-0.3, -0.25) is 9.59 Å². The number of nitrogens with zero attached hydrogens (tertiary/aromatic N) is 1. The van der Waals surface area contributed by atoms with Crippen molar-refractivity contribution < 1.29 is 9.59 Å². The molecule has 0 aliphatic carbocycles. The van der Waals surface area contributed by atoms with E-state index in [4.69, 9.17) is 5.73 Å². The average Bonchev–Trinajstić information content (AvgIpc) is 2.65. The number of benzene rings is 1. The highest BCUT2D eigenvalue weighted by Crippen LogP contribution is 2.26. The molecule has 0 bridgehead atoms. The minimum atomic E-state index is -0.583. The van der Waals surface area contributed by atoms with Gasteiger partial charge in [-0.05, 0) is 41.9 Å². The molecule has 1 aromatic carbocycles. The van der Waals surface area contributed by atoms with Crippen LogP contribution >= 0.6 is 0 Å². The summed E-state index contributed by atoms with van der Waals surface area (Å²) in [6, 6.07) is 8.34. The molecule has 1 aliphatic rings. The van der Waals surface area contributed by atoms with Gasteiger partial charge in [0, 0.05) is 24.8 Å². The summed E-state index contributed by atoms with van der Waals surface area (Å²) in [7, 11) is 0. The number of carbonyl (C=O) groups is 2. The van der Waals surface area contributed by atoms with Crippen LogP contribution in [0.15, 0.2) is 24.3 Å². The standard InChI is InChI=1S/C22H36N4O2/c1-15(2)20(23)21(28)24-14-19(27)25-17-10-12-26(13-11-17)18-8-6-16(7-9-18)22(3,4)5/h6-9,15,17,20H,10-14,23H2,1-5H3,(H,24,28)(H,25,27)/t20-/m0/s1. The number of nitrogens with two attached hydrogens (primary N) is 1. The zero-order valence-corrected chi connectivity index (χ0v) is 17.9. The maximum atomic E-state index is 12.1. The Labute approximate surface area is 169 Å². The lowest BCUT2D eigenvalue weighted by Crippen LogP contribution is -2.50. The van der Waals surface area contributed by atoms with Crippen LogP contribution in [0.1, 0.15) is 53.0 Å². The summed E-state index contributed by atoms with van der Waals surface area (Å²) < 4.78 is 0. The Morgan fingerprint density at radius 2 is 1.71 bits per heavy atom. The minimum absolute atomic E-state index is 0.0201. The monoisotopic (exact) mass is 388 g/mol. The molecule has 2 rings (SSSR count). The van der Waals surface area contributed by atoms with E-state index < -0.39 is 6.04 Å². The summed E-state index contributed by atoms with van der Waals surface area (Å²) in [5.74, 6) is -0.388. The summed E-state index contributed by atoms with van der Waals surface area (Å²) in [5, 5.41) is 5.64. The molecule has 6 nitrogen and oxygen atoms in total. The topological polar surface area (TPSA) is 87.5 Å². The predicted molar refractivity (Wildman–Crippen MR) is 114 cm³/mol. The summed E-state index contributed by atoms with van der Waals surface area (Å²) in [4.78, 5) is 26.3. The van der Waals surface area contributed by atoms with Crippen molar-refractivity contribution >= 4 is 17.5 Å². The van der Waals surface area contributed by atoms with Crippen LogP contribution in [-0.4, -0.2) is 43.5 Å². The molecule has 1 saturated heterocycles. The van der Waals surface area contributed by atoms with Gasteiger partial charge in [0.15, 0.2) is 0 Å². The van der Waals surface area contributed by atoms with Crippen molar-refractivity contribution in [1.29, 1.82) is 0 Å². The smallest absolute Gasteiger partial charge is 0.239 e. The van der Waals surface area contributed by atoms with Gasteiger partial charge < -0.3 is 21.3 Å². The maximum Gasteiger partial charge on any atom is 0.239 e. The Bertz CT molecular complexity index is 656. The number of carbonyl (C=O) groups excluding carboxylic acids is 2. The summed E-state index contributed by atoms with van der Waals surface area (Å²) in [6.07, 6.45) is 1.79. The Kier molecular flexibility index (Phi) is 7.47. The van der Waals surface area contributed by atoms with E-state index in [1.807, 2.05) is 13.8 Å². The van der Waals surface area contributed by atoms with Crippen LogP contribution in [0, 0.1) is 5.92 Å². The highest BCUT2D eigenvalue weighted by Gasteiger charge is 2.22. The molecule has 1 heterocycles. The van der Waals surface area contributed by atoms with Gasteiger partial charge in [-0.25, -0.2) is 0 Å².